The van der Waals surface area contributed by atoms with Crippen LogP contribution in [0.3, 0.4) is 0 Å². The Morgan fingerprint density at radius 1 is 1.21 bits per heavy atom. The van der Waals surface area contributed by atoms with Crippen LogP contribution in [0.25, 0.3) is 10.9 Å². The lowest BCUT2D eigenvalue weighted by Gasteiger charge is -2.46. The lowest BCUT2D eigenvalue weighted by atomic mass is 9.71. The number of amides is 2. The molecule has 1 unspecified atom stereocenters. The maximum atomic E-state index is 13.2. The third-order valence-corrected chi connectivity index (χ3v) is 6.39. The Bertz CT molecular complexity index is 927. The van der Waals surface area contributed by atoms with Gasteiger partial charge < -0.3 is 24.2 Å². The zero-order valence-electron chi connectivity index (χ0n) is 16.6. The van der Waals surface area contributed by atoms with E-state index < -0.39 is 11.5 Å². The number of β-amino-alcohol motifs (C(OH)–C–C–N with tert-alkyl or cyclic N) is 1. The summed E-state index contributed by atoms with van der Waals surface area (Å²) in [4.78, 5) is 29.3. The number of likely N-dealkylation sites (N-methyl/N-ethyl adjacent to an activating group) is 1. The van der Waals surface area contributed by atoms with Crippen LogP contribution in [0.1, 0.15) is 29.8 Å². The first-order chi connectivity index (χ1) is 13.3. The van der Waals surface area contributed by atoms with E-state index in [-0.39, 0.29) is 11.8 Å². The van der Waals surface area contributed by atoms with Crippen molar-refractivity contribution < 1.29 is 19.4 Å². The van der Waals surface area contributed by atoms with E-state index in [0.717, 1.165) is 16.7 Å². The molecule has 2 aliphatic heterocycles. The van der Waals surface area contributed by atoms with Gasteiger partial charge in [-0.25, -0.2) is 0 Å². The van der Waals surface area contributed by atoms with Crippen LogP contribution in [0.15, 0.2) is 24.3 Å². The maximum Gasteiger partial charge on any atom is 0.270 e. The molecule has 2 aromatic rings. The summed E-state index contributed by atoms with van der Waals surface area (Å²) in [5, 5.41) is 11.1. The van der Waals surface area contributed by atoms with Crippen molar-refractivity contribution in [1.29, 1.82) is 0 Å². The molecule has 2 amide bonds. The molecule has 0 saturated carbocycles. The van der Waals surface area contributed by atoms with E-state index in [2.05, 4.69) is 0 Å². The monoisotopic (exact) mass is 385 g/mol. The molecule has 7 nitrogen and oxygen atoms in total. The number of ether oxygens (including phenoxy) is 1. The maximum absolute atomic E-state index is 13.2. The van der Waals surface area contributed by atoms with E-state index in [0.29, 0.717) is 44.6 Å². The molecule has 1 N–H and O–H groups in total. The molecule has 1 atom stereocenters. The molecule has 0 aliphatic carbocycles. The number of hydrogen-bond acceptors (Lipinski definition) is 4. The average Bonchev–Trinajstić information content (AvgIpc) is 3.02. The largest absolute Gasteiger partial charge is 0.497 e. The van der Waals surface area contributed by atoms with Crippen LogP contribution in [0, 0.1) is 5.41 Å². The van der Waals surface area contributed by atoms with E-state index in [1.807, 2.05) is 40.8 Å². The van der Waals surface area contributed by atoms with Gasteiger partial charge in [0.25, 0.3) is 5.91 Å². The number of benzene rings is 1. The zero-order valence-corrected chi connectivity index (χ0v) is 16.6. The molecule has 1 aromatic heterocycles. The van der Waals surface area contributed by atoms with Gasteiger partial charge in [-0.05, 0) is 43.5 Å². The molecule has 2 fully saturated rings. The highest BCUT2D eigenvalue weighted by atomic mass is 16.5. The van der Waals surface area contributed by atoms with E-state index in [1.54, 1.807) is 19.1 Å². The van der Waals surface area contributed by atoms with Crippen molar-refractivity contribution in [2.45, 2.75) is 25.4 Å². The van der Waals surface area contributed by atoms with Gasteiger partial charge in [-0.15, -0.1) is 0 Å². The summed E-state index contributed by atoms with van der Waals surface area (Å²) in [5.41, 5.74) is 1.08. The van der Waals surface area contributed by atoms with Crippen molar-refractivity contribution in [2.24, 2.45) is 12.5 Å². The molecule has 28 heavy (non-hydrogen) atoms. The van der Waals surface area contributed by atoms with E-state index >= 15 is 0 Å². The first-order valence-corrected chi connectivity index (χ1v) is 9.71. The fourth-order valence-corrected chi connectivity index (χ4v) is 4.78. The predicted molar refractivity (Wildman–Crippen MR) is 105 cm³/mol. The van der Waals surface area contributed by atoms with Gasteiger partial charge in [0.05, 0.1) is 18.6 Å². The topological polar surface area (TPSA) is 75.0 Å². The predicted octanol–water partition coefficient (Wildman–Crippen LogP) is 1.63. The minimum Gasteiger partial charge on any atom is -0.497 e. The summed E-state index contributed by atoms with van der Waals surface area (Å²) in [6.45, 7) is 1.44. The number of aryl methyl sites for hydroxylation is 1. The number of methoxy groups -OCH3 is 1. The lowest BCUT2D eigenvalue weighted by Crippen LogP contribution is -2.56. The highest BCUT2D eigenvalue weighted by Crippen LogP contribution is 2.41. The zero-order chi connectivity index (χ0) is 20.1. The number of hydrogen-bond donors (Lipinski definition) is 1. The number of aliphatic hydroxyl groups excluding tert-OH is 1. The number of fused-ring (bicyclic) bond motifs is 1. The van der Waals surface area contributed by atoms with Crippen molar-refractivity contribution in [1.82, 2.24) is 14.4 Å². The summed E-state index contributed by atoms with van der Waals surface area (Å²) in [6.07, 6.45) is 1.19. The van der Waals surface area contributed by atoms with Crippen LogP contribution >= 0.6 is 0 Å². The van der Waals surface area contributed by atoms with Gasteiger partial charge in [-0.2, -0.15) is 0 Å². The Morgan fingerprint density at radius 2 is 1.93 bits per heavy atom. The SMILES string of the molecule is COc1ccc2c(c1)cc(C(=O)N1CCC3(CC1)CC(O)CN(C)C3=O)n2C. The Morgan fingerprint density at radius 3 is 2.61 bits per heavy atom. The van der Waals surface area contributed by atoms with Crippen LogP contribution in [0.4, 0.5) is 0 Å². The molecule has 3 heterocycles. The lowest BCUT2D eigenvalue weighted by molar-refractivity contribution is -0.154. The molecule has 4 rings (SSSR count). The summed E-state index contributed by atoms with van der Waals surface area (Å²) < 4.78 is 7.19. The number of carbonyl (C=O) groups is 2. The molecule has 2 aliphatic rings. The highest BCUT2D eigenvalue weighted by molar-refractivity contribution is 5.99. The Balaban J connectivity index is 1.54. The van der Waals surface area contributed by atoms with Gasteiger partial charge in [-0.1, -0.05) is 0 Å². The van der Waals surface area contributed by atoms with Gasteiger partial charge in [0, 0.05) is 44.6 Å². The fraction of sp³-hybridized carbons (Fsp3) is 0.524. The summed E-state index contributed by atoms with van der Waals surface area (Å²) >= 11 is 0. The van der Waals surface area contributed by atoms with Crippen LogP contribution in [0.5, 0.6) is 5.75 Å². The van der Waals surface area contributed by atoms with Crippen molar-refractivity contribution >= 4 is 22.7 Å². The summed E-state index contributed by atoms with van der Waals surface area (Å²) in [7, 11) is 5.26. The first kappa shape index (κ1) is 18.8. The van der Waals surface area contributed by atoms with Crippen molar-refractivity contribution in [3.63, 3.8) is 0 Å². The normalized spacial score (nSPS) is 22.1. The minimum absolute atomic E-state index is 0.0234. The molecule has 0 radical (unpaired) electrons. The van der Waals surface area contributed by atoms with Gasteiger partial charge >= 0.3 is 0 Å². The second-order valence-electron chi connectivity index (χ2n) is 8.13. The highest BCUT2D eigenvalue weighted by Gasteiger charge is 2.48. The molecule has 1 spiro atoms. The van der Waals surface area contributed by atoms with Gasteiger partial charge in [0.15, 0.2) is 0 Å². The number of carbonyl (C=O) groups excluding carboxylic acids is 2. The van der Waals surface area contributed by atoms with Crippen molar-refractivity contribution in [2.75, 3.05) is 33.8 Å². The van der Waals surface area contributed by atoms with Crippen molar-refractivity contribution in [3.8, 4) is 5.75 Å². The van der Waals surface area contributed by atoms with Crippen LogP contribution in [-0.4, -0.2) is 71.2 Å². The second-order valence-corrected chi connectivity index (χ2v) is 8.13. The third kappa shape index (κ3) is 2.94. The summed E-state index contributed by atoms with van der Waals surface area (Å²) in [5.74, 6) is 0.835. The van der Waals surface area contributed by atoms with Gasteiger partial charge in [-0.3, -0.25) is 9.59 Å². The standard InChI is InChI=1S/C21H27N3O4/c1-22-13-15(25)12-21(20(22)27)6-8-24(9-7-21)19(26)18-11-14-10-16(28-3)4-5-17(14)23(18)2/h4-5,10-11,15,25H,6-9,12-13H2,1-3H3. The molecule has 1 aromatic carbocycles. The molecule has 150 valence electrons. The van der Waals surface area contributed by atoms with Crippen LogP contribution in [-0.2, 0) is 11.8 Å². The molecular weight excluding hydrogens is 358 g/mol. The van der Waals surface area contributed by atoms with E-state index in [1.165, 1.54) is 0 Å². The Hall–Kier alpha value is -2.54. The summed E-state index contributed by atoms with van der Waals surface area (Å²) in [6, 6.07) is 7.66. The first-order valence-electron chi connectivity index (χ1n) is 9.71. The fourth-order valence-electron chi connectivity index (χ4n) is 4.78. The van der Waals surface area contributed by atoms with E-state index in [9.17, 15) is 14.7 Å². The number of likely N-dealkylation sites (tertiary alicyclic amines) is 2. The number of aliphatic hydroxyl groups is 1. The van der Waals surface area contributed by atoms with Crippen molar-refractivity contribution in [3.05, 3.63) is 30.0 Å². The minimum atomic E-state index is -0.532. The third-order valence-electron chi connectivity index (χ3n) is 6.39. The molecule has 0 bridgehead atoms. The van der Waals surface area contributed by atoms with Gasteiger partial charge in [0.2, 0.25) is 5.91 Å². The second kappa shape index (κ2) is 6.81. The van der Waals surface area contributed by atoms with Gasteiger partial charge in [0.1, 0.15) is 11.4 Å². The number of nitrogens with zero attached hydrogens (tertiary/aromatic N) is 3. The number of aromatic nitrogens is 1. The van der Waals surface area contributed by atoms with Crippen LogP contribution < -0.4 is 4.74 Å². The molecular formula is C21H27N3O4. The van der Waals surface area contributed by atoms with E-state index in [4.69, 9.17) is 4.74 Å². The smallest absolute Gasteiger partial charge is 0.270 e. The quantitative estimate of drug-likeness (QED) is 0.853. The van der Waals surface area contributed by atoms with Crippen LogP contribution in [0.2, 0.25) is 0 Å². The average molecular weight is 385 g/mol. The molecule has 2 saturated heterocycles. The Kier molecular flexibility index (Phi) is 4.57. The number of piperidine rings is 2. The molecule has 7 heteroatoms. The number of rotatable bonds is 2. The Labute approximate surface area is 164 Å².